The molecule has 10 nitrogen and oxygen atoms in total. The Kier molecular flexibility index (Phi) is 12.2. The molecule has 2 atom stereocenters. The Bertz CT molecular complexity index is 730. The van der Waals surface area contributed by atoms with E-state index in [-0.39, 0.29) is 0 Å². The summed E-state index contributed by atoms with van der Waals surface area (Å²) in [7, 11) is -15.9. The van der Waals surface area contributed by atoms with E-state index in [1.54, 1.807) is 6.92 Å². The largest absolute Gasteiger partial charge is 0.490 e. The highest BCUT2D eigenvalue weighted by Gasteiger charge is 2.40. The monoisotopic (exact) mass is 462 g/mol. The van der Waals surface area contributed by atoms with Crippen LogP contribution in [0, 0.1) is 0 Å². The van der Waals surface area contributed by atoms with Crippen LogP contribution in [0.1, 0.15) is 53.4 Å². The van der Waals surface area contributed by atoms with Crippen molar-refractivity contribution in [1.29, 1.82) is 0 Å². The van der Waals surface area contributed by atoms with Crippen LogP contribution in [0.3, 0.4) is 0 Å². The van der Waals surface area contributed by atoms with Gasteiger partial charge in [0.25, 0.3) is 0 Å². The van der Waals surface area contributed by atoms with Gasteiger partial charge in [-0.2, -0.15) is 8.62 Å². The first-order valence-electron chi connectivity index (χ1n) is 8.35. The van der Waals surface area contributed by atoms with Crippen molar-refractivity contribution < 1.29 is 46.4 Å². The molecule has 28 heavy (non-hydrogen) atoms. The van der Waals surface area contributed by atoms with Crippen molar-refractivity contribution in [2.75, 3.05) is 6.61 Å². The van der Waals surface area contributed by atoms with Gasteiger partial charge in [0, 0.05) is 0 Å². The Morgan fingerprint density at radius 1 is 0.750 bits per heavy atom. The molecule has 0 aromatic heterocycles. The molecule has 0 aromatic carbocycles. The van der Waals surface area contributed by atoms with Crippen LogP contribution in [0.2, 0.25) is 0 Å². The quantitative estimate of drug-likeness (QED) is 0.222. The molecule has 164 valence electrons. The topological polar surface area (TPSA) is 160 Å². The van der Waals surface area contributed by atoms with E-state index in [0.717, 1.165) is 24.8 Å². The van der Waals surface area contributed by atoms with Crippen LogP contribution in [0.4, 0.5) is 0 Å². The van der Waals surface area contributed by atoms with Gasteiger partial charge in [-0.3, -0.25) is 4.52 Å². The van der Waals surface area contributed by atoms with Crippen LogP contribution in [0.15, 0.2) is 34.9 Å². The zero-order valence-electron chi connectivity index (χ0n) is 16.3. The van der Waals surface area contributed by atoms with Crippen LogP contribution >= 0.6 is 23.5 Å². The predicted molar refractivity (Wildman–Crippen MR) is 105 cm³/mol. The first kappa shape index (κ1) is 27.6. The van der Waals surface area contributed by atoms with Gasteiger partial charge >= 0.3 is 23.5 Å². The van der Waals surface area contributed by atoms with Crippen molar-refractivity contribution in [3.63, 3.8) is 0 Å². The first-order chi connectivity index (χ1) is 12.6. The molecule has 0 aliphatic carbocycles. The maximum Gasteiger partial charge on any atom is 0.490 e. The summed E-state index contributed by atoms with van der Waals surface area (Å²) < 4.78 is 45.0. The summed E-state index contributed by atoms with van der Waals surface area (Å²) in [6.45, 7) is 7.53. The van der Waals surface area contributed by atoms with E-state index in [1.165, 1.54) is 17.2 Å². The van der Waals surface area contributed by atoms with E-state index in [1.807, 2.05) is 6.92 Å². The van der Waals surface area contributed by atoms with Crippen molar-refractivity contribution >= 4 is 23.5 Å². The van der Waals surface area contributed by atoms with Gasteiger partial charge < -0.3 is 19.6 Å². The van der Waals surface area contributed by atoms with E-state index < -0.39 is 30.1 Å². The molecule has 0 rings (SSSR count). The highest BCUT2D eigenvalue weighted by atomic mass is 31.3. The third-order valence-electron chi connectivity index (χ3n) is 3.21. The summed E-state index contributed by atoms with van der Waals surface area (Å²) in [5.41, 5.74) is 3.40. The molecule has 0 radical (unpaired) electrons. The minimum absolute atomic E-state index is 0.404. The number of phosphoric ester groups is 1. The van der Waals surface area contributed by atoms with Crippen LogP contribution in [0.25, 0.3) is 0 Å². The van der Waals surface area contributed by atoms with Crippen LogP contribution in [-0.4, -0.2) is 26.2 Å². The van der Waals surface area contributed by atoms with Gasteiger partial charge in [-0.15, -0.1) is 0 Å². The summed E-state index contributed by atoms with van der Waals surface area (Å²) in [5.74, 6) is 0. The van der Waals surface area contributed by atoms with Gasteiger partial charge in [0.2, 0.25) is 0 Å². The molecule has 0 aliphatic heterocycles. The summed E-state index contributed by atoms with van der Waals surface area (Å²) in [4.78, 5) is 35.2. The Balaban J connectivity index is 4.42. The number of hydrogen-bond acceptors (Lipinski definition) is 6. The lowest BCUT2D eigenvalue weighted by Crippen LogP contribution is -1.97. The molecule has 0 spiro atoms. The molecule has 2 unspecified atom stereocenters. The number of rotatable bonds is 13. The van der Waals surface area contributed by atoms with Gasteiger partial charge in [0.15, 0.2) is 0 Å². The third-order valence-corrected chi connectivity index (χ3v) is 7.01. The maximum absolute atomic E-state index is 11.6. The van der Waals surface area contributed by atoms with Crippen molar-refractivity contribution in [3.8, 4) is 0 Å². The highest BCUT2D eigenvalue weighted by molar-refractivity contribution is 7.66. The SMILES string of the molecule is CC(C)=CCC/C(C)=C/CC/C(C)=C/COP(=O)(O)OP(=O)(O)OP(=O)(O)O. The molecule has 0 amide bonds. The number of phosphoric acid groups is 3. The standard InChI is InChI=1S/C15H29O10P3/c1-13(2)7-5-8-14(3)9-6-10-15(4)11-12-23-27(19,20)25-28(21,22)24-26(16,17)18/h7,9,11H,5-6,8,10,12H2,1-4H3,(H,19,20)(H,21,22)(H2,16,17,18)/b14-9+,15-11+. The van der Waals surface area contributed by atoms with E-state index in [9.17, 15) is 18.6 Å². The first-order valence-corrected chi connectivity index (χ1v) is 12.9. The second-order valence-electron chi connectivity index (χ2n) is 6.35. The van der Waals surface area contributed by atoms with Gasteiger partial charge in [0.05, 0.1) is 6.61 Å². The molecule has 0 bridgehead atoms. The fraction of sp³-hybridized carbons (Fsp3) is 0.600. The minimum atomic E-state index is -5.48. The lowest BCUT2D eigenvalue weighted by atomic mass is 10.1. The van der Waals surface area contributed by atoms with E-state index in [2.05, 4.69) is 39.1 Å². The van der Waals surface area contributed by atoms with Crippen LogP contribution < -0.4 is 0 Å². The van der Waals surface area contributed by atoms with E-state index in [0.29, 0.717) is 6.42 Å². The average Bonchev–Trinajstić information content (AvgIpc) is 2.42. The molecular weight excluding hydrogens is 433 g/mol. The molecule has 4 N–H and O–H groups in total. The Hall–Kier alpha value is -0.370. The molecular formula is C15H29O10P3. The third kappa shape index (κ3) is 16.6. The summed E-state index contributed by atoms with van der Waals surface area (Å²) >= 11 is 0. The van der Waals surface area contributed by atoms with Crippen molar-refractivity contribution in [2.45, 2.75) is 53.4 Å². The Labute approximate surface area is 165 Å². The fourth-order valence-electron chi connectivity index (χ4n) is 1.92. The second-order valence-corrected chi connectivity index (χ2v) is 10.8. The average molecular weight is 462 g/mol. The molecule has 0 saturated heterocycles. The normalized spacial score (nSPS) is 17.7. The molecule has 0 saturated carbocycles. The minimum Gasteiger partial charge on any atom is -0.302 e. The molecule has 0 fully saturated rings. The predicted octanol–water partition coefficient (Wildman–Crippen LogP) is 4.75. The van der Waals surface area contributed by atoms with Crippen LogP contribution in [-0.2, 0) is 26.8 Å². The van der Waals surface area contributed by atoms with Crippen molar-refractivity contribution in [2.24, 2.45) is 0 Å². The summed E-state index contributed by atoms with van der Waals surface area (Å²) in [6.07, 6.45) is 9.19. The summed E-state index contributed by atoms with van der Waals surface area (Å²) in [6, 6.07) is 0. The Morgan fingerprint density at radius 2 is 1.25 bits per heavy atom. The van der Waals surface area contributed by atoms with E-state index in [4.69, 9.17) is 14.7 Å². The number of allylic oxidation sites excluding steroid dienone is 5. The van der Waals surface area contributed by atoms with Crippen LogP contribution in [0.5, 0.6) is 0 Å². The molecule has 0 heterocycles. The maximum atomic E-state index is 11.6. The lowest BCUT2D eigenvalue weighted by Gasteiger charge is -2.15. The molecule has 0 aromatic rings. The lowest BCUT2D eigenvalue weighted by molar-refractivity contribution is 0.182. The van der Waals surface area contributed by atoms with Gasteiger partial charge in [-0.05, 0) is 53.4 Å². The van der Waals surface area contributed by atoms with Crippen molar-refractivity contribution in [3.05, 3.63) is 34.9 Å². The highest BCUT2D eigenvalue weighted by Crippen LogP contribution is 2.66. The second kappa shape index (κ2) is 12.4. The zero-order valence-corrected chi connectivity index (χ0v) is 19.0. The zero-order chi connectivity index (χ0) is 22.0. The molecule has 0 aliphatic rings. The van der Waals surface area contributed by atoms with Gasteiger partial charge in [0.1, 0.15) is 0 Å². The smallest absolute Gasteiger partial charge is 0.302 e. The van der Waals surface area contributed by atoms with Gasteiger partial charge in [-0.1, -0.05) is 34.9 Å². The van der Waals surface area contributed by atoms with Gasteiger partial charge in [-0.25, -0.2) is 13.7 Å². The molecule has 13 heteroatoms. The Morgan fingerprint density at radius 3 is 1.75 bits per heavy atom. The summed E-state index contributed by atoms with van der Waals surface area (Å²) in [5, 5.41) is 0. The van der Waals surface area contributed by atoms with Crippen molar-refractivity contribution in [1.82, 2.24) is 0 Å². The fourth-order valence-corrected chi connectivity index (χ4v) is 4.87. The van der Waals surface area contributed by atoms with E-state index >= 15 is 0 Å². The number of hydrogen-bond donors (Lipinski definition) is 4.